The number of anilines is 1. The molecule has 1 amide bonds. The van der Waals surface area contributed by atoms with Gasteiger partial charge in [0, 0.05) is 23.4 Å². The van der Waals surface area contributed by atoms with Crippen LogP contribution in [0.5, 0.6) is 0 Å². The van der Waals surface area contributed by atoms with Crippen LogP contribution in [0, 0.1) is 34.8 Å². The van der Waals surface area contributed by atoms with Crippen molar-refractivity contribution < 1.29 is 9.72 Å². The quantitative estimate of drug-likeness (QED) is 0.658. The fourth-order valence-electron chi connectivity index (χ4n) is 3.89. The zero-order valence-corrected chi connectivity index (χ0v) is 11.9. The molecule has 4 atom stereocenters. The van der Waals surface area contributed by atoms with Crippen molar-refractivity contribution in [1.29, 1.82) is 0 Å². The van der Waals surface area contributed by atoms with Gasteiger partial charge in [-0.15, -0.1) is 0 Å². The van der Waals surface area contributed by atoms with Gasteiger partial charge < -0.3 is 11.1 Å². The molecule has 0 aliphatic heterocycles. The predicted molar refractivity (Wildman–Crippen MR) is 78.8 cm³/mol. The van der Waals surface area contributed by atoms with Gasteiger partial charge in [0.05, 0.1) is 10.8 Å². The fourth-order valence-corrected chi connectivity index (χ4v) is 3.89. The third kappa shape index (κ3) is 2.40. The number of benzene rings is 1. The molecule has 2 aliphatic rings. The molecule has 0 saturated heterocycles. The minimum atomic E-state index is -0.424. The number of hydrogen-bond donors (Lipinski definition) is 2. The van der Waals surface area contributed by atoms with E-state index in [1.807, 2.05) is 0 Å². The van der Waals surface area contributed by atoms with Gasteiger partial charge in [-0.3, -0.25) is 14.9 Å². The van der Waals surface area contributed by atoms with Gasteiger partial charge in [-0.25, -0.2) is 0 Å². The molecule has 0 heterocycles. The number of hydrogen-bond acceptors (Lipinski definition) is 4. The molecule has 3 rings (SSSR count). The van der Waals surface area contributed by atoms with Crippen LogP contribution in [-0.4, -0.2) is 16.9 Å². The smallest absolute Gasteiger partial charge is 0.272 e. The Kier molecular flexibility index (Phi) is 3.41. The summed E-state index contributed by atoms with van der Waals surface area (Å²) in [6, 6.07) is 4.57. The van der Waals surface area contributed by atoms with Crippen LogP contribution in [0.15, 0.2) is 18.2 Å². The van der Waals surface area contributed by atoms with Crippen molar-refractivity contribution in [2.24, 2.45) is 23.5 Å². The van der Waals surface area contributed by atoms with E-state index in [-0.39, 0.29) is 23.6 Å². The van der Waals surface area contributed by atoms with E-state index in [0.717, 1.165) is 19.3 Å². The number of nitrogens with two attached hydrogens (primary N) is 1. The summed E-state index contributed by atoms with van der Waals surface area (Å²) in [5.74, 6) is 0.690. The molecule has 1 aromatic rings. The van der Waals surface area contributed by atoms with E-state index in [0.29, 0.717) is 23.1 Å². The maximum absolute atomic E-state index is 12.4. The number of carbonyl (C=O) groups is 1. The lowest BCUT2D eigenvalue weighted by atomic mass is 9.84. The molecular weight excluding hydrogens is 270 g/mol. The molecule has 2 bridgehead atoms. The Morgan fingerprint density at radius 1 is 1.38 bits per heavy atom. The van der Waals surface area contributed by atoms with E-state index in [1.165, 1.54) is 6.07 Å². The lowest BCUT2D eigenvalue weighted by Gasteiger charge is -2.27. The average molecular weight is 289 g/mol. The standard InChI is InChI=1S/C15H19N3O3/c1-8-6-11(4-5-12(8)18(20)21)17-15(19)13-9-2-3-10(7-9)14(13)16/h4-6,9-10,13-14H,2-3,7,16H2,1H3,(H,17,19). The van der Waals surface area contributed by atoms with Crippen LogP contribution in [0.3, 0.4) is 0 Å². The second-order valence-corrected chi connectivity index (χ2v) is 6.18. The number of aryl methyl sites for hydroxylation is 1. The summed E-state index contributed by atoms with van der Waals surface area (Å²) in [6.07, 6.45) is 3.26. The van der Waals surface area contributed by atoms with Gasteiger partial charge in [0.15, 0.2) is 0 Å². The van der Waals surface area contributed by atoms with Crippen LogP contribution in [0.25, 0.3) is 0 Å². The first kappa shape index (κ1) is 14.0. The molecule has 0 radical (unpaired) electrons. The molecule has 2 saturated carbocycles. The maximum Gasteiger partial charge on any atom is 0.272 e. The average Bonchev–Trinajstić information content (AvgIpc) is 2.98. The lowest BCUT2D eigenvalue weighted by molar-refractivity contribution is -0.385. The summed E-state index contributed by atoms with van der Waals surface area (Å²) in [5, 5.41) is 13.7. The number of rotatable bonds is 3. The molecule has 2 aliphatic carbocycles. The summed E-state index contributed by atoms with van der Waals surface area (Å²) < 4.78 is 0. The fraction of sp³-hybridized carbons (Fsp3) is 0.533. The van der Waals surface area contributed by atoms with Gasteiger partial charge >= 0.3 is 0 Å². The normalized spacial score (nSPS) is 30.4. The Balaban J connectivity index is 1.73. The van der Waals surface area contributed by atoms with E-state index in [2.05, 4.69) is 5.32 Å². The van der Waals surface area contributed by atoms with Crippen LogP contribution in [0.4, 0.5) is 11.4 Å². The highest BCUT2D eigenvalue weighted by Crippen LogP contribution is 2.47. The van der Waals surface area contributed by atoms with Crippen molar-refractivity contribution in [1.82, 2.24) is 0 Å². The molecule has 112 valence electrons. The van der Waals surface area contributed by atoms with Crippen molar-refractivity contribution in [3.63, 3.8) is 0 Å². The number of fused-ring (bicyclic) bond motifs is 2. The van der Waals surface area contributed by atoms with Gasteiger partial charge in [0.2, 0.25) is 5.91 Å². The van der Waals surface area contributed by atoms with Crippen LogP contribution in [0.1, 0.15) is 24.8 Å². The minimum Gasteiger partial charge on any atom is -0.327 e. The first-order valence-electron chi connectivity index (χ1n) is 7.29. The van der Waals surface area contributed by atoms with Gasteiger partial charge in [-0.2, -0.15) is 0 Å². The van der Waals surface area contributed by atoms with E-state index in [4.69, 9.17) is 5.73 Å². The molecular formula is C15H19N3O3. The number of nitrogens with one attached hydrogen (secondary N) is 1. The zero-order chi connectivity index (χ0) is 15.1. The summed E-state index contributed by atoms with van der Waals surface area (Å²) in [5.41, 5.74) is 7.35. The molecule has 21 heavy (non-hydrogen) atoms. The number of carbonyl (C=O) groups excluding carboxylic acids is 1. The van der Waals surface area contributed by atoms with Crippen molar-refractivity contribution in [2.45, 2.75) is 32.2 Å². The second kappa shape index (κ2) is 5.11. The van der Waals surface area contributed by atoms with E-state index in [9.17, 15) is 14.9 Å². The number of nitro groups is 1. The molecule has 6 heteroatoms. The molecule has 2 fully saturated rings. The highest BCUT2D eigenvalue weighted by molar-refractivity contribution is 5.93. The topological polar surface area (TPSA) is 98.3 Å². The largest absolute Gasteiger partial charge is 0.327 e. The SMILES string of the molecule is Cc1cc(NC(=O)C2C3CCC(C3)C2N)ccc1[N+](=O)[O-]. The molecule has 3 N–H and O–H groups in total. The highest BCUT2D eigenvalue weighted by Gasteiger charge is 2.49. The third-order valence-electron chi connectivity index (χ3n) is 4.94. The van der Waals surface area contributed by atoms with Crippen LogP contribution in [-0.2, 0) is 4.79 Å². The third-order valence-corrected chi connectivity index (χ3v) is 4.94. The summed E-state index contributed by atoms with van der Waals surface area (Å²) in [4.78, 5) is 22.8. The first-order chi connectivity index (χ1) is 9.97. The maximum atomic E-state index is 12.4. The van der Waals surface area contributed by atoms with Gasteiger partial charge in [-0.05, 0) is 50.2 Å². The highest BCUT2D eigenvalue weighted by atomic mass is 16.6. The minimum absolute atomic E-state index is 0.0528. The monoisotopic (exact) mass is 289 g/mol. The van der Waals surface area contributed by atoms with E-state index >= 15 is 0 Å². The number of amides is 1. The Labute approximate surface area is 122 Å². The Morgan fingerprint density at radius 2 is 2.10 bits per heavy atom. The van der Waals surface area contributed by atoms with Crippen LogP contribution >= 0.6 is 0 Å². The van der Waals surface area contributed by atoms with Crippen LogP contribution < -0.4 is 11.1 Å². The predicted octanol–water partition coefficient (Wildman–Crippen LogP) is 2.22. The van der Waals surface area contributed by atoms with Crippen molar-refractivity contribution in [2.75, 3.05) is 5.32 Å². The first-order valence-corrected chi connectivity index (χ1v) is 7.29. The van der Waals surface area contributed by atoms with Crippen molar-refractivity contribution >= 4 is 17.3 Å². The van der Waals surface area contributed by atoms with Crippen molar-refractivity contribution in [3.05, 3.63) is 33.9 Å². The number of nitro benzene ring substituents is 1. The molecule has 1 aromatic carbocycles. The summed E-state index contributed by atoms with van der Waals surface area (Å²) >= 11 is 0. The summed E-state index contributed by atoms with van der Waals surface area (Å²) in [7, 11) is 0. The molecule has 0 spiro atoms. The lowest BCUT2D eigenvalue weighted by Crippen LogP contribution is -2.42. The summed E-state index contributed by atoms with van der Waals surface area (Å²) in [6.45, 7) is 1.66. The Morgan fingerprint density at radius 3 is 2.67 bits per heavy atom. The van der Waals surface area contributed by atoms with Gasteiger partial charge in [0.1, 0.15) is 0 Å². The van der Waals surface area contributed by atoms with E-state index in [1.54, 1.807) is 19.1 Å². The Hall–Kier alpha value is -1.95. The number of nitrogens with zero attached hydrogens (tertiary/aromatic N) is 1. The molecule has 4 unspecified atom stereocenters. The van der Waals surface area contributed by atoms with Crippen LogP contribution in [0.2, 0.25) is 0 Å². The van der Waals surface area contributed by atoms with Gasteiger partial charge in [0.25, 0.3) is 5.69 Å². The zero-order valence-electron chi connectivity index (χ0n) is 11.9. The Bertz CT molecular complexity index is 600. The molecule has 0 aromatic heterocycles. The van der Waals surface area contributed by atoms with Gasteiger partial charge in [-0.1, -0.05) is 0 Å². The van der Waals surface area contributed by atoms with Crippen molar-refractivity contribution in [3.8, 4) is 0 Å². The van der Waals surface area contributed by atoms with E-state index < -0.39 is 4.92 Å². The molecule has 6 nitrogen and oxygen atoms in total. The second-order valence-electron chi connectivity index (χ2n) is 6.18.